The second-order valence-corrected chi connectivity index (χ2v) is 6.50. The van der Waals surface area contributed by atoms with Gasteiger partial charge in [0.1, 0.15) is 5.75 Å². The number of carbonyl (C=O) groups excluding carboxylic acids is 1. The van der Waals surface area contributed by atoms with Gasteiger partial charge in [-0.05, 0) is 56.7 Å². The summed E-state index contributed by atoms with van der Waals surface area (Å²) in [6.45, 7) is 5.77. The van der Waals surface area contributed by atoms with Gasteiger partial charge in [0.25, 0.3) is 0 Å². The monoisotopic (exact) mass is 420 g/mol. The zero-order chi connectivity index (χ0) is 22.3. The Morgan fingerprint density at radius 2 is 1.83 bits per heavy atom. The summed E-state index contributed by atoms with van der Waals surface area (Å²) in [5.41, 5.74) is 4.01. The average molecular weight is 420 g/mol. The maximum atomic E-state index is 12.3. The van der Waals surface area contributed by atoms with Gasteiger partial charge in [-0.3, -0.25) is 4.99 Å². The van der Waals surface area contributed by atoms with Crippen molar-refractivity contribution in [2.75, 3.05) is 12.4 Å². The number of carbonyl (C=O) groups is 1. The molecule has 0 atom stereocenters. The summed E-state index contributed by atoms with van der Waals surface area (Å²) in [7, 11) is 1.30. The first-order chi connectivity index (χ1) is 14.1. The van der Waals surface area contributed by atoms with E-state index >= 15 is 0 Å². The third-order valence-electron chi connectivity index (χ3n) is 4.22. The SMILES string of the molecule is CC/C(C)=C/N=C1/C=C(C(=O)OC)C=C/C1=C(/C)Nc1ccc(OC(F)(F)F)cc1. The highest BCUT2D eigenvalue weighted by Crippen LogP contribution is 2.25. The molecule has 1 aliphatic rings. The molecule has 160 valence electrons. The zero-order valence-electron chi connectivity index (χ0n) is 17.1. The van der Waals surface area contributed by atoms with Gasteiger partial charge in [0.15, 0.2) is 0 Å². The lowest BCUT2D eigenvalue weighted by molar-refractivity contribution is -0.274. The predicted molar refractivity (Wildman–Crippen MR) is 110 cm³/mol. The molecule has 0 aliphatic heterocycles. The minimum Gasteiger partial charge on any atom is -0.465 e. The van der Waals surface area contributed by atoms with E-state index in [1.165, 1.54) is 31.4 Å². The van der Waals surface area contributed by atoms with E-state index in [1.807, 2.05) is 20.8 Å². The lowest BCUT2D eigenvalue weighted by atomic mass is 9.98. The first-order valence-electron chi connectivity index (χ1n) is 9.18. The van der Waals surface area contributed by atoms with Crippen LogP contribution in [0.15, 0.2) is 76.1 Å². The number of esters is 1. The normalized spacial score (nSPS) is 17.5. The summed E-state index contributed by atoms with van der Waals surface area (Å²) in [5.74, 6) is -0.774. The smallest absolute Gasteiger partial charge is 0.465 e. The maximum absolute atomic E-state index is 12.3. The molecule has 0 spiro atoms. The number of alkyl halides is 3. The Kier molecular flexibility index (Phi) is 7.63. The van der Waals surface area contributed by atoms with Crippen LogP contribution in [0.5, 0.6) is 5.75 Å². The Morgan fingerprint density at radius 1 is 1.17 bits per heavy atom. The van der Waals surface area contributed by atoms with Crippen molar-refractivity contribution in [3.8, 4) is 5.75 Å². The molecule has 0 heterocycles. The fourth-order valence-electron chi connectivity index (χ4n) is 2.50. The molecule has 0 saturated carbocycles. The van der Waals surface area contributed by atoms with E-state index < -0.39 is 12.3 Å². The summed E-state index contributed by atoms with van der Waals surface area (Å²) in [6.07, 6.45) is 2.83. The Balaban J connectivity index is 2.32. The summed E-state index contributed by atoms with van der Waals surface area (Å²) in [6, 6.07) is 5.40. The van der Waals surface area contributed by atoms with Crippen molar-refractivity contribution in [1.82, 2.24) is 0 Å². The average Bonchev–Trinajstić information content (AvgIpc) is 2.71. The van der Waals surface area contributed by atoms with Gasteiger partial charge in [-0.25, -0.2) is 4.79 Å². The lowest BCUT2D eigenvalue weighted by Crippen LogP contribution is -2.17. The van der Waals surface area contributed by atoms with Gasteiger partial charge < -0.3 is 14.8 Å². The largest absolute Gasteiger partial charge is 0.573 e. The molecule has 8 heteroatoms. The molecule has 0 radical (unpaired) electrons. The van der Waals surface area contributed by atoms with E-state index in [1.54, 1.807) is 24.4 Å². The number of nitrogens with one attached hydrogen (secondary N) is 1. The summed E-state index contributed by atoms with van der Waals surface area (Å²) in [5, 5.41) is 3.14. The highest BCUT2D eigenvalue weighted by atomic mass is 19.4. The van der Waals surface area contributed by atoms with Crippen LogP contribution in [0, 0.1) is 0 Å². The number of hydrogen-bond donors (Lipinski definition) is 1. The van der Waals surface area contributed by atoms with Crippen molar-refractivity contribution >= 4 is 17.4 Å². The van der Waals surface area contributed by atoms with Crippen molar-refractivity contribution in [3.63, 3.8) is 0 Å². The molecule has 30 heavy (non-hydrogen) atoms. The molecule has 0 saturated heterocycles. The summed E-state index contributed by atoms with van der Waals surface area (Å²) < 4.78 is 45.5. The topological polar surface area (TPSA) is 59.9 Å². The van der Waals surface area contributed by atoms with E-state index in [0.29, 0.717) is 22.7 Å². The molecule has 1 aliphatic carbocycles. The highest BCUT2D eigenvalue weighted by Gasteiger charge is 2.31. The second-order valence-electron chi connectivity index (χ2n) is 6.50. The molecule has 1 N–H and O–H groups in total. The van der Waals surface area contributed by atoms with Crippen molar-refractivity contribution in [1.29, 1.82) is 0 Å². The van der Waals surface area contributed by atoms with E-state index in [2.05, 4.69) is 15.0 Å². The second kappa shape index (κ2) is 9.96. The standard InChI is InChI=1S/C22H23F3N2O3/c1-5-14(2)13-26-20-12-16(21(28)29-4)6-11-19(20)15(3)27-17-7-9-18(10-8-17)30-22(23,24)25/h6-13,27H,5H2,1-4H3/b14-13+,19-15+,26-20-. The number of ether oxygens (including phenoxy) is 2. The van der Waals surface area contributed by atoms with Crippen molar-refractivity contribution in [3.05, 3.63) is 71.1 Å². The summed E-state index contributed by atoms with van der Waals surface area (Å²) in [4.78, 5) is 16.4. The quantitative estimate of drug-likeness (QED) is 0.600. The van der Waals surface area contributed by atoms with E-state index in [-0.39, 0.29) is 5.75 Å². The minimum absolute atomic E-state index is 0.302. The molecule has 0 amide bonds. The maximum Gasteiger partial charge on any atom is 0.573 e. The molecule has 0 unspecified atom stereocenters. The van der Waals surface area contributed by atoms with Crippen molar-refractivity contribution in [2.24, 2.45) is 4.99 Å². The molecule has 0 aromatic heterocycles. The molecule has 0 bridgehead atoms. The number of anilines is 1. The van der Waals surface area contributed by atoms with Crippen LogP contribution >= 0.6 is 0 Å². The van der Waals surface area contributed by atoms with Crippen LogP contribution < -0.4 is 10.1 Å². The van der Waals surface area contributed by atoms with Crippen LogP contribution in [0.3, 0.4) is 0 Å². The van der Waals surface area contributed by atoms with Crippen LogP contribution in [0.25, 0.3) is 0 Å². The van der Waals surface area contributed by atoms with Gasteiger partial charge in [-0.1, -0.05) is 18.6 Å². The van der Waals surface area contributed by atoms with Gasteiger partial charge >= 0.3 is 12.3 Å². The molecular weight excluding hydrogens is 397 g/mol. The summed E-state index contributed by atoms with van der Waals surface area (Å²) >= 11 is 0. The minimum atomic E-state index is -4.74. The van der Waals surface area contributed by atoms with Gasteiger partial charge in [0, 0.05) is 23.2 Å². The molecule has 5 nitrogen and oxygen atoms in total. The van der Waals surface area contributed by atoms with Crippen LogP contribution in [0.4, 0.5) is 18.9 Å². The number of rotatable bonds is 6. The predicted octanol–water partition coefficient (Wildman–Crippen LogP) is 5.70. The number of methoxy groups -OCH3 is 1. The Morgan fingerprint density at radius 3 is 2.40 bits per heavy atom. The number of aliphatic imine (C=N–C) groups is 1. The number of allylic oxidation sites excluding steroid dienone is 5. The van der Waals surface area contributed by atoms with Crippen molar-refractivity contribution < 1.29 is 27.4 Å². The van der Waals surface area contributed by atoms with Crippen LogP contribution in [0.1, 0.15) is 27.2 Å². The molecule has 1 aromatic rings. The third-order valence-corrected chi connectivity index (χ3v) is 4.22. The molecule has 1 aromatic carbocycles. The van der Waals surface area contributed by atoms with Gasteiger partial charge in [-0.15, -0.1) is 13.2 Å². The third kappa shape index (κ3) is 6.65. The zero-order valence-corrected chi connectivity index (χ0v) is 17.1. The van der Waals surface area contributed by atoms with Crippen LogP contribution in [0.2, 0.25) is 0 Å². The fourth-order valence-corrected chi connectivity index (χ4v) is 2.50. The molecule has 2 rings (SSSR count). The number of nitrogens with zero attached hydrogens (tertiary/aromatic N) is 1. The van der Waals surface area contributed by atoms with Crippen LogP contribution in [-0.4, -0.2) is 25.2 Å². The van der Waals surface area contributed by atoms with Gasteiger partial charge in [0.05, 0.1) is 18.4 Å². The number of halogens is 3. The molecule has 0 fully saturated rings. The first-order valence-corrected chi connectivity index (χ1v) is 9.18. The van der Waals surface area contributed by atoms with Crippen molar-refractivity contribution in [2.45, 2.75) is 33.6 Å². The van der Waals surface area contributed by atoms with Gasteiger partial charge in [-0.2, -0.15) is 0 Å². The lowest BCUT2D eigenvalue weighted by Gasteiger charge is -2.16. The Bertz CT molecular complexity index is 937. The van der Waals surface area contributed by atoms with Crippen LogP contribution in [-0.2, 0) is 9.53 Å². The van der Waals surface area contributed by atoms with Gasteiger partial charge in [0.2, 0.25) is 0 Å². The first kappa shape index (κ1) is 23.0. The van der Waals surface area contributed by atoms with E-state index in [0.717, 1.165) is 17.6 Å². The number of benzene rings is 1. The molecular formula is C22H23F3N2O3. The Labute approximate surface area is 173 Å². The fraction of sp³-hybridized carbons (Fsp3) is 0.273. The number of hydrogen-bond acceptors (Lipinski definition) is 5. The highest BCUT2D eigenvalue weighted by molar-refractivity contribution is 6.16. The Hall–Kier alpha value is -3.29. The van der Waals surface area contributed by atoms with E-state index in [9.17, 15) is 18.0 Å². The van der Waals surface area contributed by atoms with E-state index in [4.69, 9.17) is 4.74 Å².